The average Bonchev–Trinajstić information content (AvgIpc) is 2.54. The predicted octanol–water partition coefficient (Wildman–Crippen LogP) is 1.16. The van der Waals surface area contributed by atoms with E-state index in [0.717, 1.165) is 17.7 Å². The van der Waals surface area contributed by atoms with Gasteiger partial charge in [0.25, 0.3) is 0 Å². The number of benzene rings is 1. The van der Waals surface area contributed by atoms with E-state index in [1.807, 2.05) is 36.1 Å². The monoisotopic (exact) mass is 262 g/mol. The van der Waals surface area contributed by atoms with Crippen LogP contribution in [0.1, 0.15) is 18.4 Å². The van der Waals surface area contributed by atoms with Gasteiger partial charge in [0.2, 0.25) is 5.91 Å². The first kappa shape index (κ1) is 13.4. The molecule has 19 heavy (non-hydrogen) atoms. The highest BCUT2D eigenvalue weighted by Gasteiger charge is 2.30. The fourth-order valence-corrected chi connectivity index (χ4v) is 2.29. The van der Waals surface area contributed by atoms with Crippen LogP contribution in [0, 0.1) is 6.92 Å². The molecule has 0 radical (unpaired) electrons. The van der Waals surface area contributed by atoms with Gasteiger partial charge in [0.05, 0.1) is 6.42 Å². The van der Waals surface area contributed by atoms with Crippen LogP contribution in [-0.2, 0) is 9.59 Å². The Hall–Kier alpha value is -2.04. The third-order valence-electron chi connectivity index (χ3n) is 3.29. The molecular weight excluding hydrogens is 244 g/mol. The maximum absolute atomic E-state index is 12.0. The lowest BCUT2D eigenvalue weighted by molar-refractivity contribution is -0.139. The minimum atomic E-state index is -0.959. The van der Waals surface area contributed by atoms with Crippen LogP contribution in [0.3, 0.4) is 0 Å². The normalized spacial score (nSPS) is 19.7. The number of anilines is 1. The van der Waals surface area contributed by atoms with E-state index in [4.69, 9.17) is 5.11 Å². The van der Waals surface area contributed by atoms with Crippen LogP contribution in [0.4, 0.5) is 5.69 Å². The molecule has 0 aromatic heterocycles. The maximum Gasteiger partial charge on any atom is 0.305 e. The molecule has 2 rings (SSSR count). The second-order valence-electron chi connectivity index (χ2n) is 4.79. The van der Waals surface area contributed by atoms with Gasteiger partial charge in [-0.2, -0.15) is 0 Å². The van der Waals surface area contributed by atoms with Gasteiger partial charge >= 0.3 is 5.97 Å². The maximum atomic E-state index is 12.0. The lowest BCUT2D eigenvalue weighted by Crippen LogP contribution is -2.45. The standard InChI is InChI=1S/C14H18N2O3/c1-10-3-5-11(6-4-10)16-8-2-7-15-14(19)12(16)9-13(17)18/h3-6,12H,2,7-9H2,1H3,(H,15,19)(H,17,18). The molecule has 5 nitrogen and oxygen atoms in total. The minimum absolute atomic E-state index is 0.181. The zero-order chi connectivity index (χ0) is 13.8. The molecular formula is C14H18N2O3. The molecule has 1 unspecified atom stereocenters. The van der Waals surface area contributed by atoms with Crippen molar-refractivity contribution < 1.29 is 14.7 Å². The van der Waals surface area contributed by atoms with Crippen molar-refractivity contribution in [2.24, 2.45) is 0 Å². The summed E-state index contributed by atoms with van der Waals surface area (Å²) in [5, 5.41) is 11.7. The van der Waals surface area contributed by atoms with Gasteiger partial charge in [0.15, 0.2) is 0 Å². The van der Waals surface area contributed by atoms with Crippen LogP contribution in [-0.4, -0.2) is 36.1 Å². The molecule has 1 aliphatic rings. The highest BCUT2D eigenvalue weighted by molar-refractivity contribution is 5.89. The van der Waals surface area contributed by atoms with Crippen molar-refractivity contribution in [1.82, 2.24) is 5.32 Å². The highest BCUT2D eigenvalue weighted by atomic mass is 16.4. The lowest BCUT2D eigenvalue weighted by atomic mass is 10.1. The molecule has 2 N–H and O–H groups in total. The van der Waals surface area contributed by atoms with Crippen LogP contribution < -0.4 is 10.2 Å². The Labute approximate surface area is 112 Å². The molecule has 1 amide bonds. The summed E-state index contributed by atoms with van der Waals surface area (Å²) in [4.78, 5) is 24.8. The number of nitrogens with zero attached hydrogens (tertiary/aromatic N) is 1. The molecule has 102 valence electrons. The summed E-state index contributed by atoms with van der Waals surface area (Å²) in [6, 6.07) is 7.17. The summed E-state index contributed by atoms with van der Waals surface area (Å²) >= 11 is 0. The second-order valence-corrected chi connectivity index (χ2v) is 4.79. The SMILES string of the molecule is Cc1ccc(N2CCCNC(=O)C2CC(=O)O)cc1. The van der Waals surface area contributed by atoms with Crippen LogP contribution in [0.25, 0.3) is 0 Å². The Morgan fingerprint density at radius 2 is 2.11 bits per heavy atom. The Morgan fingerprint density at radius 1 is 1.42 bits per heavy atom. The number of carboxylic acid groups (broad SMARTS) is 1. The van der Waals surface area contributed by atoms with Gasteiger partial charge in [-0.1, -0.05) is 17.7 Å². The van der Waals surface area contributed by atoms with Crippen molar-refractivity contribution in [3.05, 3.63) is 29.8 Å². The van der Waals surface area contributed by atoms with Crippen molar-refractivity contribution in [3.8, 4) is 0 Å². The van der Waals surface area contributed by atoms with Crippen LogP contribution in [0.15, 0.2) is 24.3 Å². The fraction of sp³-hybridized carbons (Fsp3) is 0.429. The number of aliphatic carboxylic acids is 1. The molecule has 1 aromatic carbocycles. The van der Waals surface area contributed by atoms with E-state index in [2.05, 4.69) is 5.32 Å². The van der Waals surface area contributed by atoms with Crippen LogP contribution in [0.5, 0.6) is 0 Å². The number of amides is 1. The molecule has 1 aromatic rings. The third kappa shape index (κ3) is 3.24. The number of aryl methyl sites for hydroxylation is 1. The van der Waals surface area contributed by atoms with Gasteiger partial charge in [-0.25, -0.2) is 0 Å². The van der Waals surface area contributed by atoms with Gasteiger partial charge in [-0.3, -0.25) is 9.59 Å². The van der Waals surface area contributed by atoms with E-state index in [9.17, 15) is 9.59 Å². The quantitative estimate of drug-likeness (QED) is 0.857. The second kappa shape index (κ2) is 5.73. The number of hydrogen-bond acceptors (Lipinski definition) is 3. The summed E-state index contributed by atoms with van der Waals surface area (Å²) in [6.45, 7) is 3.27. The summed E-state index contributed by atoms with van der Waals surface area (Å²) in [7, 11) is 0. The largest absolute Gasteiger partial charge is 0.481 e. The first-order valence-electron chi connectivity index (χ1n) is 6.41. The van der Waals surface area contributed by atoms with Crippen molar-refractivity contribution >= 4 is 17.6 Å². The molecule has 1 fully saturated rings. The lowest BCUT2D eigenvalue weighted by Gasteiger charge is -2.29. The Kier molecular flexibility index (Phi) is 4.04. The van der Waals surface area contributed by atoms with Crippen LogP contribution in [0.2, 0.25) is 0 Å². The molecule has 0 saturated carbocycles. The summed E-state index contributed by atoms with van der Waals surface area (Å²) in [6.07, 6.45) is 0.634. The summed E-state index contributed by atoms with van der Waals surface area (Å²) in [5.74, 6) is -1.17. The first-order valence-corrected chi connectivity index (χ1v) is 6.41. The molecule has 1 saturated heterocycles. The number of carbonyl (C=O) groups excluding carboxylic acids is 1. The number of rotatable bonds is 3. The fourth-order valence-electron chi connectivity index (χ4n) is 2.29. The van der Waals surface area contributed by atoms with Gasteiger partial charge in [0.1, 0.15) is 6.04 Å². The topological polar surface area (TPSA) is 69.6 Å². The molecule has 0 spiro atoms. The Morgan fingerprint density at radius 3 is 2.74 bits per heavy atom. The molecule has 1 atom stereocenters. The van der Waals surface area contributed by atoms with Gasteiger partial charge in [0, 0.05) is 18.8 Å². The van der Waals surface area contributed by atoms with Gasteiger partial charge in [-0.15, -0.1) is 0 Å². The molecule has 1 aliphatic heterocycles. The summed E-state index contributed by atoms with van der Waals surface area (Å²) in [5.41, 5.74) is 2.03. The van der Waals surface area contributed by atoms with Crippen molar-refractivity contribution in [2.75, 3.05) is 18.0 Å². The molecule has 0 bridgehead atoms. The van der Waals surface area contributed by atoms with E-state index in [0.29, 0.717) is 13.1 Å². The zero-order valence-electron chi connectivity index (χ0n) is 10.9. The van der Waals surface area contributed by atoms with Crippen LogP contribution >= 0.6 is 0 Å². The van der Waals surface area contributed by atoms with Crippen molar-refractivity contribution in [3.63, 3.8) is 0 Å². The smallest absolute Gasteiger partial charge is 0.305 e. The molecule has 1 heterocycles. The number of carbonyl (C=O) groups is 2. The first-order chi connectivity index (χ1) is 9.08. The van der Waals surface area contributed by atoms with E-state index < -0.39 is 12.0 Å². The number of carboxylic acids is 1. The number of nitrogens with one attached hydrogen (secondary N) is 1. The Bertz CT molecular complexity index is 470. The highest BCUT2D eigenvalue weighted by Crippen LogP contribution is 2.21. The van der Waals surface area contributed by atoms with E-state index in [1.54, 1.807) is 0 Å². The Balaban J connectivity index is 2.29. The average molecular weight is 262 g/mol. The summed E-state index contributed by atoms with van der Waals surface area (Å²) < 4.78 is 0. The van der Waals surface area contributed by atoms with Gasteiger partial charge in [-0.05, 0) is 25.5 Å². The zero-order valence-corrected chi connectivity index (χ0v) is 10.9. The molecule has 5 heteroatoms. The molecule has 0 aliphatic carbocycles. The number of hydrogen-bond donors (Lipinski definition) is 2. The van der Waals surface area contributed by atoms with E-state index in [1.165, 1.54) is 0 Å². The van der Waals surface area contributed by atoms with Gasteiger partial charge < -0.3 is 15.3 Å². The van der Waals surface area contributed by atoms with E-state index in [-0.39, 0.29) is 12.3 Å². The van der Waals surface area contributed by atoms with E-state index >= 15 is 0 Å². The third-order valence-corrected chi connectivity index (χ3v) is 3.29. The minimum Gasteiger partial charge on any atom is -0.481 e. The van der Waals surface area contributed by atoms with Crippen molar-refractivity contribution in [2.45, 2.75) is 25.8 Å². The predicted molar refractivity (Wildman–Crippen MR) is 72.2 cm³/mol. The van der Waals surface area contributed by atoms with Crippen molar-refractivity contribution in [1.29, 1.82) is 0 Å².